The van der Waals surface area contributed by atoms with E-state index in [1.165, 1.54) is 24.3 Å². The summed E-state index contributed by atoms with van der Waals surface area (Å²) >= 11 is 0. The van der Waals surface area contributed by atoms with Crippen LogP contribution in [0.4, 0.5) is 5.69 Å². The predicted molar refractivity (Wildman–Crippen MR) is 103 cm³/mol. The molecule has 0 unspecified atom stereocenters. The van der Waals surface area contributed by atoms with Crippen LogP contribution in [-0.4, -0.2) is 24.8 Å². The van der Waals surface area contributed by atoms with E-state index in [4.69, 9.17) is 4.42 Å². The van der Waals surface area contributed by atoms with Crippen molar-refractivity contribution in [2.45, 2.75) is 38.1 Å². The van der Waals surface area contributed by atoms with Gasteiger partial charge in [0.15, 0.2) is 11.5 Å². The smallest absolute Gasteiger partial charge is 0.255 e. The van der Waals surface area contributed by atoms with E-state index < -0.39 is 15.6 Å². The summed E-state index contributed by atoms with van der Waals surface area (Å²) in [6, 6.07) is 11.0. The Morgan fingerprint density at radius 1 is 1.07 bits per heavy atom. The summed E-state index contributed by atoms with van der Waals surface area (Å²) in [7, 11) is -3.64. The molecule has 1 heterocycles. The first kappa shape index (κ1) is 19.1. The van der Waals surface area contributed by atoms with Crippen molar-refractivity contribution >= 4 is 32.7 Å². The third-order valence-corrected chi connectivity index (χ3v) is 5.39. The Hall–Kier alpha value is -2.71. The zero-order valence-electron chi connectivity index (χ0n) is 15.5. The van der Waals surface area contributed by atoms with Crippen LogP contribution in [0.2, 0.25) is 0 Å². The first-order chi connectivity index (χ1) is 12.5. The Morgan fingerprint density at radius 3 is 2.37 bits per heavy atom. The minimum atomic E-state index is -3.64. The third kappa shape index (κ3) is 4.53. The van der Waals surface area contributed by atoms with Crippen molar-refractivity contribution in [1.82, 2.24) is 9.71 Å². The number of oxazole rings is 1. The van der Waals surface area contributed by atoms with Gasteiger partial charge in [-0.1, -0.05) is 0 Å². The maximum Gasteiger partial charge on any atom is 0.255 e. The number of hydrogen-bond acceptors (Lipinski definition) is 5. The molecular weight excluding hydrogens is 366 g/mol. The lowest BCUT2D eigenvalue weighted by Crippen LogP contribution is -2.40. The Kier molecular flexibility index (Phi) is 4.79. The molecule has 0 saturated carbocycles. The number of fused-ring (bicyclic) bond motifs is 1. The molecule has 0 aliphatic heterocycles. The van der Waals surface area contributed by atoms with Crippen LogP contribution >= 0.6 is 0 Å². The van der Waals surface area contributed by atoms with Crippen molar-refractivity contribution in [3.63, 3.8) is 0 Å². The fourth-order valence-electron chi connectivity index (χ4n) is 2.57. The fourth-order valence-corrected chi connectivity index (χ4v) is 3.99. The van der Waals surface area contributed by atoms with Gasteiger partial charge >= 0.3 is 0 Å². The number of rotatable bonds is 4. The predicted octanol–water partition coefficient (Wildman–Crippen LogP) is 3.47. The molecule has 0 saturated heterocycles. The Bertz CT molecular complexity index is 1090. The molecule has 3 aromatic rings. The number of anilines is 1. The minimum Gasteiger partial charge on any atom is -0.441 e. The number of carbonyl (C=O) groups excluding carboxylic acids is 1. The molecule has 0 fully saturated rings. The molecule has 0 radical (unpaired) electrons. The number of nitrogens with zero attached hydrogens (tertiary/aromatic N) is 1. The van der Waals surface area contributed by atoms with Crippen LogP contribution in [0.1, 0.15) is 37.0 Å². The summed E-state index contributed by atoms with van der Waals surface area (Å²) in [6.45, 7) is 7.04. The van der Waals surface area contributed by atoms with Crippen LogP contribution in [0.15, 0.2) is 51.8 Å². The van der Waals surface area contributed by atoms with Gasteiger partial charge in [0.1, 0.15) is 5.52 Å². The van der Waals surface area contributed by atoms with Gasteiger partial charge in [-0.15, -0.1) is 0 Å². The Balaban J connectivity index is 1.77. The molecule has 7 nitrogen and oxygen atoms in total. The number of aryl methyl sites for hydroxylation is 1. The Morgan fingerprint density at radius 2 is 1.74 bits per heavy atom. The van der Waals surface area contributed by atoms with E-state index in [2.05, 4.69) is 15.0 Å². The fraction of sp³-hybridized carbons (Fsp3) is 0.263. The molecule has 0 atom stereocenters. The number of benzene rings is 2. The van der Waals surface area contributed by atoms with Crippen molar-refractivity contribution in [3.05, 3.63) is 53.9 Å². The van der Waals surface area contributed by atoms with Gasteiger partial charge in [0, 0.05) is 29.8 Å². The highest BCUT2D eigenvalue weighted by atomic mass is 32.2. The van der Waals surface area contributed by atoms with E-state index in [0.717, 1.165) is 0 Å². The van der Waals surface area contributed by atoms with Gasteiger partial charge in [-0.3, -0.25) is 4.79 Å². The molecule has 142 valence electrons. The molecule has 0 aliphatic carbocycles. The molecule has 0 spiro atoms. The van der Waals surface area contributed by atoms with Crippen LogP contribution in [0.5, 0.6) is 0 Å². The van der Waals surface area contributed by atoms with Crippen LogP contribution in [0, 0.1) is 6.92 Å². The van der Waals surface area contributed by atoms with Crippen LogP contribution in [0.3, 0.4) is 0 Å². The van der Waals surface area contributed by atoms with Gasteiger partial charge in [0.25, 0.3) is 5.91 Å². The standard InChI is InChI=1S/C19H21N3O4S/c1-12-20-16-10-7-14(11-17(16)26-12)21-18(23)13-5-8-15(9-6-13)27(24,25)22-19(2,3)4/h5-11,22H,1-4H3,(H,21,23). The molecule has 2 N–H and O–H groups in total. The number of aromatic nitrogens is 1. The first-order valence-electron chi connectivity index (χ1n) is 8.36. The molecule has 1 aromatic heterocycles. The monoisotopic (exact) mass is 387 g/mol. The zero-order valence-corrected chi connectivity index (χ0v) is 16.3. The topological polar surface area (TPSA) is 101 Å². The summed E-state index contributed by atoms with van der Waals surface area (Å²) in [5.41, 5.74) is 1.62. The molecule has 1 amide bonds. The van der Waals surface area contributed by atoms with Gasteiger partial charge < -0.3 is 9.73 Å². The molecular formula is C19H21N3O4S. The maximum atomic E-state index is 12.4. The highest BCUT2D eigenvalue weighted by Crippen LogP contribution is 2.21. The average Bonchev–Trinajstić information content (AvgIpc) is 2.92. The highest BCUT2D eigenvalue weighted by molar-refractivity contribution is 7.89. The quantitative estimate of drug-likeness (QED) is 0.714. The van der Waals surface area contributed by atoms with Crippen LogP contribution in [0.25, 0.3) is 11.1 Å². The minimum absolute atomic E-state index is 0.104. The second-order valence-corrected chi connectivity index (χ2v) is 8.93. The van der Waals surface area contributed by atoms with E-state index >= 15 is 0 Å². The van der Waals surface area contributed by atoms with Crippen LogP contribution < -0.4 is 10.0 Å². The van der Waals surface area contributed by atoms with Gasteiger partial charge in [-0.05, 0) is 57.2 Å². The van der Waals surface area contributed by atoms with Gasteiger partial charge in [-0.25, -0.2) is 18.1 Å². The van der Waals surface area contributed by atoms with E-state index in [1.54, 1.807) is 45.9 Å². The molecule has 2 aromatic carbocycles. The van der Waals surface area contributed by atoms with E-state index in [1.807, 2.05) is 0 Å². The lowest BCUT2D eigenvalue weighted by Gasteiger charge is -2.20. The zero-order chi connectivity index (χ0) is 19.8. The van der Waals surface area contributed by atoms with Crippen molar-refractivity contribution in [2.75, 3.05) is 5.32 Å². The third-order valence-electron chi connectivity index (χ3n) is 3.62. The normalized spacial score (nSPS) is 12.3. The number of hydrogen-bond donors (Lipinski definition) is 2. The Labute approximate surface area is 157 Å². The SMILES string of the molecule is Cc1nc2ccc(NC(=O)c3ccc(S(=O)(=O)NC(C)(C)C)cc3)cc2o1. The summed E-state index contributed by atoms with van der Waals surface area (Å²) in [5.74, 6) is 0.201. The summed E-state index contributed by atoms with van der Waals surface area (Å²) in [5, 5.41) is 2.76. The maximum absolute atomic E-state index is 12.4. The van der Waals surface area contributed by atoms with E-state index in [9.17, 15) is 13.2 Å². The largest absolute Gasteiger partial charge is 0.441 e. The van der Waals surface area contributed by atoms with Crippen molar-refractivity contribution in [2.24, 2.45) is 0 Å². The average molecular weight is 387 g/mol. The summed E-state index contributed by atoms with van der Waals surface area (Å²) in [6.07, 6.45) is 0. The summed E-state index contributed by atoms with van der Waals surface area (Å²) in [4.78, 5) is 16.7. The van der Waals surface area contributed by atoms with Gasteiger partial charge in [0.05, 0.1) is 4.90 Å². The van der Waals surface area contributed by atoms with Gasteiger partial charge in [0.2, 0.25) is 10.0 Å². The number of nitrogens with one attached hydrogen (secondary N) is 2. The van der Waals surface area contributed by atoms with E-state index in [0.29, 0.717) is 28.2 Å². The van der Waals surface area contributed by atoms with Gasteiger partial charge in [-0.2, -0.15) is 0 Å². The molecule has 0 bridgehead atoms. The lowest BCUT2D eigenvalue weighted by atomic mass is 10.1. The molecule has 27 heavy (non-hydrogen) atoms. The van der Waals surface area contributed by atoms with Crippen molar-refractivity contribution in [1.29, 1.82) is 0 Å². The molecule has 8 heteroatoms. The lowest BCUT2D eigenvalue weighted by molar-refractivity contribution is 0.102. The highest BCUT2D eigenvalue weighted by Gasteiger charge is 2.22. The van der Waals surface area contributed by atoms with E-state index in [-0.39, 0.29) is 10.8 Å². The number of amides is 1. The number of sulfonamides is 1. The second kappa shape index (κ2) is 6.79. The van der Waals surface area contributed by atoms with Crippen molar-refractivity contribution < 1.29 is 17.6 Å². The number of carbonyl (C=O) groups is 1. The van der Waals surface area contributed by atoms with Crippen molar-refractivity contribution in [3.8, 4) is 0 Å². The molecule has 0 aliphatic rings. The molecule has 3 rings (SSSR count). The summed E-state index contributed by atoms with van der Waals surface area (Å²) < 4.78 is 32.7. The van der Waals surface area contributed by atoms with Crippen LogP contribution in [-0.2, 0) is 10.0 Å². The first-order valence-corrected chi connectivity index (χ1v) is 9.84. The second-order valence-electron chi connectivity index (χ2n) is 7.25.